The minimum absolute atomic E-state index is 0.283. The standard InChI is InChI=1S/C20H24N4O4S/c1-12-6-5-7-15(13(12)2)23-20(29)24-22-10-14-8-16(26-3)19(17(9-14)27-4)28-11-18(21)25/h5-10H,11H2,1-4H3,(H2,21,25)(H2,23,24,29)/b22-10-. The van der Waals surface area contributed by atoms with Gasteiger partial charge in [0, 0.05) is 11.3 Å². The molecule has 0 unspecified atom stereocenters. The largest absolute Gasteiger partial charge is 0.493 e. The van der Waals surface area contributed by atoms with Crippen molar-refractivity contribution in [1.29, 1.82) is 0 Å². The van der Waals surface area contributed by atoms with Crippen LogP contribution in [0.15, 0.2) is 35.4 Å². The quantitative estimate of drug-likeness (QED) is 0.345. The molecule has 0 aromatic heterocycles. The van der Waals surface area contributed by atoms with E-state index >= 15 is 0 Å². The van der Waals surface area contributed by atoms with E-state index in [-0.39, 0.29) is 12.4 Å². The normalized spacial score (nSPS) is 10.5. The number of aryl methyl sites for hydroxylation is 1. The number of methoxy groups -OCH3 is 2. The number of rotatable bonds is 8. The van der Waals surface area contributed by atoms with Crippen LogP contribution in [0.3, 0.4) is 0 Å². The van der Waals surface area contributed by atoms with Crippen LogP contribution in [0.25, 0.3) is 0 Å². The highest BCUT2D eigenvalue weighted by molar-refractivity contribution is 7.80. The zero-order valence-electron chi connectivity index (χ0n) is 16.7. The Morgan fingerprint density at radius 2 is 1.86 bits per heavy atom. The molecule has 0 spiro atoms. The molecule has 2 aromatic carbocycles. The molecule has 0 saturated carbocycles. The van der Waals surface area contributed by atoms with Crippen molar-refractivity contribution in [3.8, 4) is 17.2 Å². The molecule has 2 aromatic rings. The van der Waals surface area contributed by atoms with Crippen molar-refractivity contribution in [2.75, 3.05) is 26.1 Å². The number of anilines is 1. The lowest BCUT2D eigenvalue weighted by molar-refractivity contribution is -0.119. The van der Waals surface area contributed by atoms with Crippen LogP contribution in [0.1, 0.15) is 16.7 Å². The van der Waals surface area contributed by atoms with Gasteiger partial charge in [0.2, 0.25) is 5.75 Å². The second kappa shape index (κ2) is 10.3. The molecule has 154 valence electrons. The van der Waals surface area contributed by atoms with Gasteiger partial charge in [0.1, 0.15) is 0 Å². The Morgan fingerprint density at radius 3 is 2.45 bits per heavy atom. The molecule has 0 aliphatic carbocycles. The summed E-state index contributed by atoms with van der Waals surface area (Å²) >= 11 is 5.28. The molecule has 4 N–H and O–H groups in total. The summed E-state index contributed by atoms with van der Waals surface area (Å²) in [5.41, 5.74) is 11.8. The fourth-order valence-electron chi connectivity index (χ4n) is 2.46. The molecule has 0 aliphatic rings. The summed E-state index contributed by atoms with van der Waals surface area (Å²) in [6.07, 6.45) is 1.56. The summed E-state index contributed by atoms with van der Waals surface area (Å²) in [4.78, 5) is 11.0. The molecule has 0 aliphatic heterocycles. The highest BCUT2D eigenvalue weighted by atomic mass is 32.1. The first kappa shape index (κ1) is 22.0. The maximum Gasteiger partial charge on any atom is 0.255 e. The van der Waals surface area contributed by atoms with Crippen LogP contribution < -0.4 is 30.7 Å². The van der Waals surface area contributed by atoms with Crippen molar-refractivity contribution >= 4 is 35.1 Å². The zero-order chi connectivity index (χ0) is 21.4. The van der Waals surface area contributed by atoms with Crippen LogP contribution in [0.2, 0.25) is 0 Å². The molecule has 0 saturated heterocycles. The van der Waals surface area contributed by atoms with Crippen LogP contribution in [0.4, 0.5) is 5.69 Å². The fourth-order valence-corrected chi connectivity index (χ4v) is 2.63. The smallest absolute Gasteiger partial charge is 0.255 e. The first-order valence-electron chi connectivity index (χ1n) is 8.69. The van der Waals surface area contributed by atoms with Gasteiger partial charge in [0.05, 0.1) is 20.4 Å². The van der Waals surface area contributed by atoms with Crippen molar-refractivity contribution in [3.05, 3.63) is 47.0 Å². The Kier molecular flexibility index (Phi) is 7.79. The monoisotopic (exact) mass is 416 g/mol. The number of hydrogen-bond donors (Lipinski definition) is 3. The van der Waals surface area contributed by atoms with Crippen molar-refractivity contribution in [3.63, 3.8) is 0 Å². The second-order valence-corrected chi connectivity index (χ2v) is 6.49. The number of primary amides is 1. The number of hydrogen-bond acceptors (Lipinski definition) is 6. The van der Waals surface area contributed by atoms with Crippen LogP contribution in [-0.4, -0.2) is 38.1 Å². The van der Waals surface area contributed by atoms with E-state index in [0.717, 1.165) is 11.3 Å². The summed E-state index contributed by atoms with van der Waals surface area (Å²) in [5.74, 6) is 0.436. The van der Waals surface area contributed by atoms with E-state index in [0.29, 0.717) is 22.2 Å². The number of thiocarbonyl (C=S) groups is 1. The van der Waals surface area contributed by atoms with Crippen molar-refractivity contribution in [2.24, 2.45) is 10.8 Å². The SMILES string of the molecule is COc1cc(/C=N\NC(=S)Nc2cccc(C)c2C)cc(OC)c1OCC(N)=O. The van der Waals surface area contributed by atoms with E-state index in [1.165, 1.54) is 19.8 Å². The third kappa shape index (κ3) is 6.08. The highest BCUT2D eigenvalue weighted by Crippen LogP contribution is 2.38. The maximum atomic E-state index is 11.0. The molecule has 9 heteroatoms. The molecule has 29 heavy (non-hydrogen) atoms. The molecule has 0 bridgehead atoms. The predicted molar refractivity (Wildman–Crippen MR) is 117 cm³/mol. The number of nitrogens with zero attached hydrogens (tertiary/aromatic N) is 1. The summed E-state index contributed by atoms with van der Waals surface area (Å²) in [7, 11) is 2.96. The van der Waals surface area contributed by atoms with Crippen molar-refractivity contribution in [2.45, 2.75) is 13.8 Å². The average molecular weight is 417 g/mol. The number of amides is 1. The number of nitrogens with one attached hydrogen (secondary N) is 2. The minimum Gasteiger partial charge on any atom is -0.493 e. The molecule has 0 atom stereocenters. The summed E-state index contributed by atoms with van der Waals surface area (Å²) in [6, 6.07) is 9.31. The number of hydrazone groups is 1. The van der Waals surface area contributed by atoms with E-state index in [1.54, 1.807) is 18.3 Å². The summed E-state index contributed by atoms with van der Waals surface area (Å²) < 4.78 is 16.0. The van der Waals surface area contributed by atoms with Gasteiger partial charge in [0.25, 0.3) is 5.91 Å². The molecule has 0 fully saturated rings. The van der Waals surface area contributed by atoms with Gasteiger partial charge in [-0.2, -0.15) is 5.10 Å². The second-order valence-electron chi connectivity index (χ2n) is 6.08. The Balaban J connectivity index is 2.10. The highest BCUT2D eigenvalue weighted by Gasteiger charge is 2.14. The van der Waals surface area contributed by atoms with E-state index in [2.05, 4.69) is 15.8 Å². The Morgan fingerprint density at radius 1 is 1.21 bits per heavy atom. The van der Waals surface area contributed by atoms with Gasteiger partial charge in [0.15, 0.2) is 23.2 Å². The number of nitrogens with two attached hydrogens (primary N) is 1. The van der Waals surface area contributed by atoms with E-state index in [1.807, 2.05) is 32.0 Å². The van der Waals surface area contributed by atoms with E-state index in [4.69, 9.17) is 32.2 Å². The van der Waals surface area contributed by atoms with Gasteiger partial charge >= 0.3 is 0 Å². The van der Waals surface area contributed by atoms with Gasteiger partial charge in [-0.05, 0) is 55.4 Å². The van der Waals surface area contributed by atoms with Gasteiger partial charge in [-0.3, -0.25) is 10.2 Å². The average Bonchev–Trinajstić information content (AvgIpc) is 2.69. The lowest BCUT2D eigenvalue weighted by Gasteiger charge is -2.14. The molecular formula is C20H24N4O4S. The van der Waals surface area contributed by atoms with Gasteiger partial charge in [-0.15, -0.1) is 0 Å². The topological polar surface area (TPSA) is 107 Å². The number of benzene rings is 2. The molecule has 0 radical (unpaired) electrons. The Labute approximate surface area is 175 Å². The lowest BCUT2D eigenvalue weighted by atomic mass is 10.1. The van der Waals surface area contributed by atoms with Crippen LogP contribution >= 0.6 is 12.2 Å². The van der Waals surface area contributed by atoms with Gasteiger partial charge < -0.3 is 25.3 Å². The predicted octanol–water partition coefficient (Wildman–Crippen LogP) is 2.51. The molecule has 0 heterocycles. The lowest BCUT2D eigenvalue weighted by Crippen LogP contribution is -2.24. The molecular weight excluding hydrogens is 392 g/mol. The van der Waals surface area contributed by atoms with Crippen LogP contribution in [-0.2, 0) is 4.79 Å². The molecule has 1 amide bonds. The van der Waals surface area contributed by atoms with Crippen molar-refractivity contribution in [1.82, 2.24) is 5.43 Å². The number of carbonyl (C=O) groups excluding carboxylic acids is 1. The Hall–Kier alpha value is -3.33. The first-order valence-corrected chi connectivity index (χ1v) is 9.10. The summed E-state index contributed by atoms with van der Waals surface area (Å²) in [6.45, 7) is 3.76. The fraction of sp³-hybridized carbons (Fsp3) is 0.250. The zero-order valence-corrected chi connectivity index (χ0v) is 17.6. The van der Waals surface area contributed by atoms with Crippen LogP contribution in [0, 0.1) is 13.8 Å². The third-order valence-electron chi connectivity index (χ3n) is 4.07. The first-order chi connectivity index (χ1) is 13.8. The molecule has 8 nitrogen and oxygen atoms in total. The third-order valence-corrected chi connectivity index (χ3v) is 4.27. The van der Waals surface area contributed by atoms with Gasteiger partial charge in [-0.25, -0.2) is 0 Å². The molecule has 2 rings (SSSR count). The summed E-state index contributed by atoms with van der Waals surface area (Å²) in [5, 5.41) is 7.61. The van der Waals surface area contributed by atoms with Crippen molar-refractivity contribution < 1.29 is 19.0 Å². The van der Waals surface area contributed by atoms with Crippen LogP contribution in [0.5, 0.6) is 17.2 Å². The Bertz CT molecular complexity index is 906. The number of ether oxygens (including phenoxy) is 3. The minimum atomic E-state index is -0.603. The van der Waals surface area contributed by atoms with Gasteiger partial charge in [-0.1, -0.05) is 12.1 Å². The number of carbonyl (C=O) groups is 1. The van der Waals surface area contributed by atoms with E-state index < -0.39 is 5.91 Å². The maximum absolute atomic E-state index is 11.0. The van der Waals surface area contributed by atoms with E-state index in [9.17, 15) is 4.79 Å².